The lowest BCUT2D eigenvalue weighted by Crippen LogP contribution is -2.54. The van der Waals surface area contributed by atoms with Crippen LogP contribution in [-0.4, -0.2) is 34.0 Å². The van der Waals surface area contributed by atoms with E-state index in [1.807, 2.05) is 0 Å². The van der Waals surface area contributed by atoms with Crippen molar-refractivity contribution in [2.45, 2.75) is 17.2 Å². The van der Waals surface area contributed by atoms with E-state index >= 15 is 0 Å². The van der Waals surface area contributed by atoms with Crippen molar-refractivity contribution in [2.75, 3.05) is 0 Å². The second-order valence-electron chi connectivity index (χ2n) is 2.32. The molecule has 0 aromatic carbocycles. The maximum atomic E-state index is 12.4. The first-order valence-electron chi connectivity index (χ1n) is 2.87. The van der Waals surface area contributed by atoms with Crippen LogP contribution in [0.1, 0.15) is 0 Å². The van der Waals surface area contributed by atoms with Gasteiger partial charge in [0.15, 0.2) is 6.17 Å². The molecular weight excluding hydrogens is 235 g/mol. The van der Waals surface area contributed by atoms with Crippen molar-refractivity contribution in [3.05, 3.63) is 0 Å². The molecule has 0 aromatic rings. The number of rotatable bonds is 0. The Balaban J connectivity index is 3.23. The standard InChI is InChI=1S/C3H4F3NO4S2/c4-1-2(5)12(8,9)7-13(10,11)3(1)6/h1-3,7H. The highest BCUT2D eigenvalue weighted by Crippen LogP contribution is 2.25. The molecule has 0 aliphatic carbocycles. The molecule has 1 N–H and O–H groups in total. The average Bonchev–Trinajstić information content (AvgIpc) is 1.96. The molecule has 0 spiro atoms. The second kappa shape index (κ2) is 2.82. The molecule has 2 unspecified atom stereocenters. The molecule has 0 bridgehead atoms. The van der Waals surface area contributed by atoms with Gasteiger partial charge in [0.05, 0.1) is 0 Å². The Morgan fingerprint density at radius 1 is 0.846 bits per heavy atom. The van der Waals surface area contributed by atoms with Crippen LogP contribution in [0.15, 0.2) is 0 Å². The highest BCUT2D eigenvalue weighted by Gasteiger charge is 2.53. The zero-order valence-electron chi connectivity index (χ0n) is 5.82. The highest BCUT2D eigenvalue weighted by atomic mass is 32.3. The van der Waals surface area contributed by atoms with E-state index in [0.717, 1.165) is 0 Å². The van der Waals surface area contributed by atoms with Gasteiger partial charge in [-0.2, -0.15) is 0 Å². The summed E-state index contributed by atoms with van der Waals surface area (Å²) in [6, 6.07) is 0. The van der Waals surface area contributed by atoms with Crippen molar-refractivity contribution in [3.8, 4) is 0 Å². The van der Waals surface area contributed by atoms with Crippen molar-refractivity contribution < 1.29 is 30.0 Å². The third kappa shape index (κ3) is 1.65. The van der Waals surface area contributed by atoms with Gasteiger partial charge in [-0.1, -0.05) is 0 Å². The zero-order chi connectivity index (χ0) is 10.4. The third-order valence-corrected chi connectivity index (χ3v) is 4.89. The summed E-state index contributed by atoms with van der Waals surface area (Å²) in [6.07, 6.45) is -3.21. The molecule has 1 fully saturated rings. The summed E-state index contributed by atoms with van der Waals surface area (Å²) in [5.41, 5.74) is -6.41. The lowest BCUT2D eigenvalue weighted by Gasteiger charge is -2.23. The molecule has 78 valence electrons. The molecule has 1 rings (SSSR count). The van der Waals surface area contributed by atoms with Gasteiger partial charge in [-0.25, -0.2) is 30.0 Å². The van der Waals surface area contributed by atoms with Crippen LogP contribution in [-0.2, 0) is 20.0 Å². The van der Waals surface area contributed by atoms with Gasteiger partial charge < -0.3 is 0 Å². The molecule has 1 aliphatic rings. The first-order chi connectivity index (χ1) is 5.68. The number of halogens is 3. The van der Waals surface area contributed by atoms with Gasteiger partial charge in [-0.15, -0.1) is 4.13 Å². The van der Waals surface area contributed by atoms with Gasteiger partial charge in [0.2, 0.25) is 11.0 Å². The van der Waals surface area contributed by atoms with E-state index in [4.69, 9.17) is 0 Å². The molecule has 10 heteroatoms. The fourth-order valence-corrected chi connectivity index (χ4v) is 3.81. The summed E-state index contributed by atoms with van der Waals surface area (Å²) < 4.78 is 79.9. The quantitative estimate of drug-likeness (QED) is 0.598. The molecule has 13 heavy (non-hydrogen) atoms. The molecule has 0 radical (unpaired) electrons. The fraction of sp³-hybridized carbons (Fsp3) is 1.00. The van der Waals surface area contributed by atoms with Crippen LogP contribution in [0.2, 0.25) is 0 Å². The van der Waals surface area contributed by atoms with E-state index in [1.54, 1.807) is 0 Å². The number of alkyl halides is 3. The van der Waals surface area contributed by atoms with Crippen LogP contribution in [0.25, 0.3) is 0 Å². The van der Waals surface area contributed by atoms with E-state index in [1.165, 1.54) is 0 Å². The van der Waals surface area contributed by atoms with Gasteiger partial charge in [0.1, 0.15) is 0 Å². The highest BCUT2D eigenvalue weighted by molar-refractivity contribution is 8.05. The van der Waals surface area contributed by atoms with Gasteiger partial charge in [-0.3, -0.25) is 0 Å². The van der Waals surface area contributed by atoms with Crippen LogP contribution >= 0.6 is 0 Å². The van der Waals surface area contributed by atoms with E-state index in [2.05, 4.69) is 0 Å². The van der Waals surface area contributed by atoms with Crippen LogP contribution in [0.5, 0.6) is 0 Å². The predicted octanol–water partition coefficient (Wildman–Crippen LogP) is -0.821. The lowest BCUT2D eigenvalue weighted by molar-refractivity contribution is 0.156. The zero-order valence-corrected chi connectivity index (χ0v) is 7.45. The number of sulfonamides is 2. The second-order valence-corrected chi connectivity index (χ2v) is 6.07. The molecule has 1 heterocycles. The van der Waals surface area contributed by atoms with Gasteiger partial charge >= 0.3 is 0 Å². The molecule has 2 atom stereocenters. The van der Waals surface area contributed by atoms with Crippen LogP contribution in [0.3, 0.4) is 0 Å². The third-order valence-electron chi connectivity index (χ3n) is 1.33. The SMILES string of the molecule is O=S1(=O)NS(=O)(=O)C(F)C(F)C1F. The first kappa shape index (κ1) is 10.7. The number of hydrogen-bond donors (Lipinski definition) is 1. The summed E-state index contributed by atoms with van der Waals surface area (Å²) in [5, 5.41) is 0. The van der Waals surface area contributed by atoms with Crippen molar-refractivity contribution in [1.29, 1.82) is 0 Å². The maximum Gasteiger partial charge on any atom is 0.260 e. The molecule has 1 saturated heterocycles. The molecule has 5 nitrogen and oxygen atoms in total. The average molecular weight is 239 g/mol. The minimum absolute atomic E-state index is 0.716. The Kier molecular flexibility index (Phi) is 2.33. The van der Waals surface area contributed by atoms with Crippen molar-refractivity contribution >= 4 is 20.0 Å². The topological polar surface area (TPSA) is 80.3 Å². The van der Waals surface area contributed by atoms with Gasteiger partial charge in [0.25, 0.3) is 20.0 Å². The Labute approximate surface area is 72.0 Å². The normalized spacial score (nSPS) is 42.8. The number of hydrogen-bond acceptors (Lipinski definition) is 4. The Morgan fingerprint density at radius 3 is 1.46 bits per heavy atom. The Morgan fingerprint density at radius 2 is 1.15 bits per heavy atom. The number of nitrogens with one attached hydrogen (secondary N) is 1. The monoisotopic (exact) mass is 239 g/mol. The maximum absolute atomic E-state index is 12.4. The lowest BCUT2D eigenvalue weighted by atomic mass is 10.5. The summed E-state index contributed by atoms with van der Waals surface area (Å²) in [4.78, 5) is 0. The van der Waals surface area contributed by atoms with Crippen LogP contribution in [0, 0.1) is 0 Å². The minimum Gasteiger partial charge on any atom is -0.239 e. The summed E-state index contributed by atoms with van der Waals surface area (Å²) in [6.45, 7) is 0. The molecule has 0 aromatic heterocycles. The molecule has 0 amide bonds. The summed E-state index contributed by atoms with van der Waals surface area (Å²) in [7, 11) is -9.94. The van der Waals surface area contributed by atoms with E-state index < -0.39 is 37.2 Å². The molecule has 1 aliphatic heterocycles. The Bertz CT molecular complexity index is 364. The fourth-order valence-electron chi connectivity index (χ4n) is 0.715. The van der Waals surface area contributed by atoms with Crippen molar-refractivity contribution in [1.82, 2.24) is 4.13 Å². The van der Waals surface area contributed by atoms with E-state index in [-0.39, 0.29) is 0 Å². The minimum atomic E-state index is -4.97. The van der Waals surface area contributed by atoms with Crippen LogP contribution < -0.4 is 4.13 Å². The molecular formula is C3H4F3NO4S2. The van der Waals surface area contributed by atoms with Crippen molar-refractivity contribution in [3.63, 3.8) is 0 Å². The van der Waals surface area contributed by atoms with E-state index in [9.17, 15) is 30.0 Å². The van der Waals surface area contributed by atoms with Gasteiger partial charge in [-0.05, 0) is 0 Å². The van der Waals surface area contributed by atoms with Gasteiger partial charge in [0, 0.05) is 0 Å². The Hall–Kier alpha value is -0.350. The van der Waals surface area contributed by atoms with Crippen molar-refractivity contribution in [2.24, 2.45) is 0 Å². The first-order valence-corrected chi connectivity index (χ1v) is 5.96. The summed E-state index contributed by atoms with van der Waals surface area (Å²) in [5.74, 6) is 0. The molecule has 0 saturated carbocycles. The van der Waals surface area contributed by atoms with Crippen LogP contribution in [0.4, 0.5) is 13.2 Å². The predicted molar refractivity (Wildman–Crippen MR) is 35.7 cm³/mol. The summed E-state index contributed by atoms with van der Waals surface area (Å²) >= 11 is 0. The van der Waals surface area contributed by atoms with E-state index in [0.29, 0.717) is 4.13 Å². The largest absolute Gasteiger partial charge is 0.260 e. The smallest absolute Gasteiger partial charge is 0.239 e.